The molecule has 7 nitrogen and oxygen atoms in total. The van der Waals surface area contributed by atoms with Gasteiger partial charge in [-0.3, -0.25) is 20.5 Å². The van der Waals surface area contributed by atoms with Gasteiger partial charge < -0.3 is 0 Å². The Kier molecular flexibility index (Phi) is 6.20. The van der Waals surface area contributed by atoms with Gasteiger partial charge in [-0.2, -0.15) is 10.5 Å². The van der Waals surface area contributed by atoms with Crippen LogP contribution < -0.4 is 0 Å². The molecule has 0 saturated carbocycles. The van der Waals surface area contributed by atoms with Crippen molar-refractivity contribution in [2.75, 3.05) is 0 Å². The van der Waals surface area contributed by atoms with Crippen molar-refractivity contribution in [3.63, 3.8) is 0 Å². The fourth-order valence-corrected chi connectivity index (χ4v) is 2.94. The number of benzene rings is 2. The SMILES string of the molecule is Cc1ccc(Sc2ccc([N+](=O)[O-])cc2CN=C(C#N)C(=N)C#N)cc1. The summed E-state index contributed by atoms with van der Waals surface area (Å²) in [5, 5.41) is 36.2. The number of hydrogen-bond donors (Lipinski definition) is 1. The number of hydrogen-bond acceptors (Lipinski definition) is 7. The number of nitrogens with zero attached hydrogens (tertiary/aromatic N) is 4. The first-order chi connectivity index (χ1) is 12.4. The van der Waals surface area contributed by atoms with E-state index in [-0.39, 0.29) is 17.9 Å². The molecule has 26 heavy (non-hydrogen) atoms. The highest BCUT2D eigenvalue weighted by Crippen LogP contribution is 2.33. The van der Waals surface area contributed by atoms with Crippen LogP contribution in [0.5, 0.6) is 0 Å². The summed E-state index contributed by atoms with van der Waals surface area (Å²) in [6, 6.07) is 15.5. The number of nitro groups is 1. The Balaban J connectivity index is 2.39. The summed E-state index contributed by atoms with van der Waals surface area (Å²) in [7, 11) is 0. The van der Waals surface area contributed by atoms with Crippen LogP contribution in [0, 0.1) is 45.1 Å². The molecule has 0 unspecified atom stereocenters. The van der Waals surface area contributed by atoms with Gasteiger partial charge in [-0.15, -0.1) is 0 Å². The van der Waals surface area contributed by atoms with Crippen LogP contribution in [0.1, 0.15) is 11.1 Å². The van der Waals surface area contributed by atoms with Crippen molar-refractivity contribution in [1.82, 2.24) is 0 Å². The lowest BCUT2D eigenvalue weighted by atomic mass is 10.2. The molecular weight excluding hydrogens is 350 g/mol. The zero-order valence-electron chi connectivity index (χ0n) is 13.8. The summed E-state index contributed by atoms with van der Waals surface area (Å²) in [4.78, 5) is 16.2. The highest BCUT2D eigenvalue weighted by Gasteiger charge is 2.13. The molecule has 0 heterocycles. The lowest BCUT2D eigenvalue weighted by Crippen LogP contribution is -2.08. The van der Waals surface area contributed by atoms with E-state index in [4.69, 9.17) is 15.9 Å². The van der Waals surface area contributed by atoms with Gasteiger partial charge in [0.25, 0.3) is 5.69 Å². The molecule has 128 valence electrons. The van der Waals surface area contributed by atoms with Gasteiger partial charge >= 0.3 is 0 Å². The maximum absolute atomic E-state index is 11.0. The molecule has 2 aromatic carbocycles. The number of nitriles is 2. The van der Waals surface area contributed by atoms with Gasteiger partial charge in [0.1, 0.15) is 12.1 Å². The van der Waals surface area contributed by atoms with E-state index in [0.29, 0.717) is 5.56 Å². The van der Waals surface area contributed by atoms with E-state index in [1.54, 1.807) is 18.2 Å². The fourth-order valence-electron chi connectivity index (χ4n) is 2.02. The average Bonchev–Trinajstić information content (AvgIpc) is 2.64. The van der Waals surface area contributed by atoms with Crippen molar-refractivity contribution in [2.45, 2.75) is 23.3 Å². The summed E-state index contributed by atoms with van der Waals surface area (Å²) in [6.07, 6.45) is 0. The molecule has 0 aliphatic rings. The highest BCUT2D eigenvalue weighted by molar-refractivity contribution is 7.99. The van der Waals surface area contributed by atoms with E-state index in [0.717, 1.165) is 15.4 Å². The zero-order chi connectivity index (χ0) is 19.1. The smallest absolute Gasteiger partial charge is 0.269 e. The van der Waals surface area contributed by atoms with E-state index in [1.165, 1.54) is 23.9 Å². The first-order valence-corrected chi connectivity index (χ1v) is 8.21. The van der Waals surface area contributed by atoms with Crippen LogP contribution in [0.2, 0.25) is 0 Å². The van der Waals surface area contributed by atoms with Gasteiger partial charge in [0.05, 0.1) is 11.5 Å². The molecule has 0 fully saturated rings. The van der Waals surface area contributed by atoms with Crippen molar-refractivity contribution in [2.24, 2.45) is 4.99 Å². The third kappa shape index (κ3) is 4.76. The zero-order valence-corrected chi connectivity index (χ0v) is 14.6. The number of non-ortho nitro benzene ring substituents is 1. The maximum atomic E-state index is 11.0. The summed E-state index contributed by atoms with van der Waals surface area (Å²) >= 11 is 1.42. The molecule has 0 saturated heterocycles. The van der Waals surface area contributed by atoms with Crippen LogP contribution in [0.4, 0.5) is 5.69 Å². The van der Waals surface area contributed by atoms with Crippen LogP contribution in [0.25, 0.3) is 0 Å². The minimum atomic E-state index is -0.536. The largest absolute Gasteiger partial charge is 0.288 e. The van der Waals surface area contributed by atoms with E-state index in [9.17, 15) is 10.1 Å². The first kappa shape index (κ1) is 18.8. The van der Waals surface area contributed by atoms with E-state index < -0.39 is 10.6 Å². The van der Waals surface area contributed by atoms with Crippen molar-refractivity contribution < 1.29 is 4.92 Å². The molecule has 2 aromatic rings. The lowest BCUT2D eigenvalue weighted by Gasteiger charge is -2.08. The van der Waals surface area contributed by atoms with Crippen molar-refractivity contribution in [3.05, 3.63) is 63.7 Å². The van der Waals surface area contributed by atoms with Gasteiger partial charge in [0.2, 0.25) is 0 Å². The lowest BCUT2D eigenvalue weighted by molar-refractivity contribution is -0.385. The van der Waals surface area contributed by atoms with Crippen molar-refractivity contribution in [1.29, 1.82) is 15.9 Å². The molecular formula is C18H13N5O2S. The van der Waals surface area contributed by atoms with E-state index >= 15 is 0 Å². The normalized spacial score (nSPS) is 10.7. The van der Waals surface area contributed by atoms with Gasteiger partial charge in [-0.1, -0.05) is 29.5 Å². The number of nitrogens with one attached hydrogen (secondary N) is 1. The van der Waals surface area contributed by atoms with Crippen LogP contribution in [-0.2, 0) is 6.54 Å². The molecule has 1 N–H and O–H groups in total. The van der Waals surface area contributed by atoms with Gasteiger partial charge in [-0.25, -0.2) is 0 Å². The second-order valence-electron chi connectivity index (χ2n) is 5.23. The predicted molar refractivity (Wildman–Crippen MR) is 98.5 cm³/mol. The molecule has 0 amide bonds. The van der Waals surface area contributed by atoms with Crippen LogP contribution in [-0.4, -0.2) is 16.3 Å². The van der Waals surface area contributed by atoms with Crippen molar-refractivity contribution >= 4 is 28.9 Å². The Morgan fingerprint density at radius 3 is 2.50 bits per heavy atom. The molecule has 0 bridgehead atoms. The average molecular weight is 363 g/mol. The minimum Gasteiger partial charge on any atom is -0.288 e. The van der Waals surface area contributed by atoms with Gasteiger partial charge in [0.15, 0.2) is 11.4 Å². The van der Waals surface area contributed by atoms with Crippen LogP contribution in [0.15, 0.2) is 57.2 Å². The Morgan fingerprint density at radius 2 is 1.92 bits per heavy atom. The Labute approximate surface area is 154 Å². The van der Waals surface area contributed by atoms with Gasteiger partial charge in [0, 0.05) is 21.9 Å². The number of aryl methyl sites for hydroxylation is 1. The van der Waals surface area contributed by atoms with Crippen molar-refractivity contribution in [3.8, 4) is 12.1 Å². The topological polar surface area (TPSA) is 127 Å². The molecule has 0 spiro atoms. The number of aliphatic imine (C=N–C) groups is 1. The first-order valence-electron chi connectivity index (χ1n) is 7.40. The second kappa shape index (κ2) is 8.56. The molecule has 2 rings (SSSR count). The Hall–Kier alpha value is -3.49. The minimum absolute atomic E-state index is 0.0389. The molecule has 8 heteroatoms. The number of rotatable bonds is 6. The van der Waals surface area contributed by atoms with Crippen LogP contribution >= 0.6 is 11.8 Å². The molecule has 0 atom stereocenters. The molecule has 0 aromatic heterocycles. The second-order valence-corrected chi connectivity index (χ2v) is 6.34. The summed E-state index contributed by atoms with van der Waals surface area (Å²) in [5.74, 6) is 0. The fraction of sp³-hybridized carbons (Fsp3) is 0.111. The third-order valence-corrected chi connectivity index (χ3v) is 4.49. The third-order valence-electron chi connectivity index (χ3n) is 3.37. The molecule has 0 aliphatic heterocycles. The Morgan fingerprint density at radius 1 is 1.23 bits per heavy atom. The molecule has 0 aliphatic carbocycles. The number of nitro benzene ring substituents is 1. The standard InChI is InChI=1S/C18H13N5O2S/c1-12-2-5-15(6-3-12)26-18-7-4-14(23(24)25)8-13(18)11-22-17(10-20)16(21)9-19/h2-8,21H,11H2,1H3. The highest BCUT2D eigenvalue weighted by atomic mass is 32.2. The van der Waals surface area contributed by atoms with E-state index in [1.807, 2.05) is 31.2 Å². The predicted octanol–water partition coefficient (Wildman–Crippen LogP) is 4.06. The monoisotopic (exact) mass is 363 g/mol. The molecule has 0 radical (unpaired) electrons. The maximum Gasteiger partial charge on any atom is 0.269 e. The van der Waals surface area contributed by atoms with E-state index in [2.05, 4.69) is 4.99 Å². The van der Waals surface area contributed by atoms with Gasteiger partial charge in [-0.05, 0) is 30.7 Å². The van der Waals surface area contributed by atoms with Crippen LogP contribution in [0.3, 0.4) is 0 Å². The summed E-state index contributed by atoms with van der Waals surface area (Å²) in [6.45, 7) is 1.94. The Bertz CT molecular complexity index is 969. The quantitative estimate of drug-likeness (QED) is 0.470. The summed E-state index contributed by atoms with van der Waals surface area (Å²) in [5.41, 5.74) is 0.744. The summed E-state index contributed by atoms with van der Waals surface area (Å²) < 4.78 is 0.